The Bertz CT molecular complexity index is 591. The number of halogens is 3. The molecule has 120 valence electrons. The molecule has 0 amide bonds. The molecule has 0 atom stereocenters. The second kappa shape index (κ2) is 7.02. The maximum absolute atomic E-state index is 12.3. The van der Waals surface area contributed by atoms with Crippen molar-refractivity contribution in [3.05, 3.63) is 28.2 Å². The lowest BCUT2D eigenvalue weighted by atomic mass is 10.1. The Kier molecular flexibility index (Phi) is 6.12. The molecule has 0 aliphatic heterocycles. The van der Waals surface area contributed by atoms with Crippen LogP contribution in [0.15, 0.2) is 22.7 Å². The van der Waals surface area contributed by atoms with Crippen LogP contribution in [0.25, 0.3) is 0 Å². The predicted molar refractivity (Wildman–Crippen MR) is 81.4 cm³/mol. The summed E-state index contributed by atoms with van der Waals surface area (Å²) in [5.41, 5.74) is 0.522. The van der Waals surface area contributed by atoms with Gasteiger partial charge in [0.2, 0.25) is 0 Å². The van der Waals surface area contributed by atoms with Crippen molar-refractivity contribution in [1.29, 1.82) is 0 Å². The minimum absolute atomic E-state index is 0.0675. The molecule has 0 aliphatic carbocycles. The van der Waals surface area contributed by atoms with E-state index in [1.807, 2.05) is 0 Å². The Morgan fingerprint density at radius 1 is 1.38 bits per heavy atom. The minimum Gasteiger partial charge on any atom is -0.434 e. The zero-order valence-electron chi connectivity index (χ0n) is 12.0. The van der Waals surface area contributed by atoms with Crippen molar-refractivity contribution in [1.82, 2.24) is 5.32 Å². The average molecular weight is 386 g/mol. The summed E-state index contributed by atoms with van der Waals surface area (Å²) in [7, 11) is -3.22. The van der Waals surface area contributed by atoms with Crippen LogP contribution in [-0.4, -0.2) is 32.6 Å². The third kappa shape index (κ3) is 5.52. The number of hydrogen-bond donors (Lipinski definition) is 1. The molecule has 8 heteroatoms. The first-order valence-electron chi connectivity index (χ1n) is 6.16. The highest BCUT2D eigenvalue weighted by Crippen LogP contribution is 2.25. The lowest BCUT2D eigenvalue weighted by Crippen LogP contribution is -2.41. The van der Waals surface area contributed by atoms with Crippen LogP contribution in [0, 0.1) is 0 Å². The highest BCUT2D eigenvalue weighted by Gasteiger charge is 2.29. The van der Waals surface area contributed by atoms with E-state index in [-0.39, 0.29) is 18.8 Å². The normalized spacial score (nSPS) is 12.7. The van der Waals surface area contributed by atoms with Crippen LogP contribution in [0.4, 0.5) is 8.78 Å². The Balaban J connectivity index is 2.77. The highest BCUT2D eigenvalue weighted by molar-refractivity contribution is 9.10. The maximum atomic E-state index is 12.3. The van der Waals surface area contributed by atoms with Gasteiger partial charge in [-0.1, -0.05) is 15.9 Å². The van der Waals surface area contributed by atoms with Crippen molar-refractivity contribution >= 4 is 25.8 Å². The number of hydrogen-bond acceptors (Lipinski definition) is 4. The van der Waals surface area contributed by atoms with Crippen LogP contribution >= 0.6 is 15.9 Å². The number of benzene rings is 1. The van der Waals surface area contributed by atoms with E-state index in [0.717, 1.165) is 4.47 Å². The van der Waals surface area contributed by atoms with Crippen LogP contribution in [-0.2, 0) is 16.4 Å². The molecule has 0 spiro atoms. The molecule has 0 aromatic heterocycles. The Morgan fingerprint density at radius 3 is 2.52 bits per heavy atom. The lowest BCUT2D eigenvalue weighted by Gasteiger charge is -2.23. The molecule has 0 fully saturated rings. The molecule has 0 bridgehead atoms. The summed E-state index contributed by atoms with van der Waals surface area (Å²) in [6, 6.07) is 4.69. The van der Waals surface area contributed by atoms with Crippen LogP contribution < -0.4 is 10.1 Å². The molecular weight excluding hydrogens is 368 g/mol. The van der Waals surface area contributed by atoms with E-state index >= 15 is 0 Å². The zero-order chi connectivity index (χ0) is 16.3. The summed E-state index contributed by atoms with van der Waals surface area (Å²) >= 11 is 3.26. The topological polar surface area (TPSA) is 55.4 Å². The molecule has 0 radical (unpaired) electrons. The maximum Gasteiger partial charge on any atom is 0.387 e. The number of alkyl halides is 2. The average Bonchev–Trinajstić information content (AvgIpc) is 2.30. The molecule has 0 heterocycles. The molecular formula is C13H18BrF2NO3S. The van der Waals surface area contributed by atoms with Gasteiger partial charge in [-0.2, -0.15) is 8.78 Å². The Labute approximate surface area is 131 Å². The van der Waals surface area contributed by atoms with Crippen molar-refractivity contribution in [2.75, 3.05) is 12.8 Å². The number of sulfone groups is 1. The molecule has 1 N–H and O–H groups in total. The van der Waals surface area contributed by atoms with Gasteiger partial charge in [-0.05, 0) is 32.0 Å². The minimum atomic E-state index is -3.22. The van der Waals surface area contributed by atoms with Gasteiger partial charge in [0.05, 0.1) is 4.75 Å². The second-order valence-electron chi connectivity index (χ2n) is 5.27. The van der Waals surface area contributed by atoms with E-state index in [1.54, 1.807) is 26.0 Å². The summed E-state index contributed by atoms with van der Waals surface area (Å²) in [5, 5.41) is 2.96. The van der Waals surface area contributed by atoms with E-state index in [4.69, 9.17) is 0 Å². The molecule has 1 rings (SSSR count). The van der Waals surface area contributed by atoms with Gasteiger partial charge in [0.15, 0.2) is 9.84 Å². The lowest BCUT2D eigenvalue weighted by molar-refractivity contribution is -0.0505. The first-order valence-corrected chi connectivity index (χ1v) is 8.85. The van der Waals surface area contributed by atoms with Crippen molar-refractivity contribution in [3.63, 3.8) is 0 Å². The largest absolute Gasteiger partial charge is 0.434 e. The molecule has 0 unspecified atom stereocenters. The van der Waals surface area contributed by atoms with Crippen molar-refractivity contribution < 1.29 is 21.9 Å². The van der Waals surface area contributed by atoms with E-state index < -0.39 is 21.2 Å². The molecule has 1 aromatic rings. The quantitative estimate of drug-likeness (QED) is 0.783. The van der Waals surface area contributed by atoms with E-state index in [9.17, 15) is 17.2 Å². The SMILES string of the molecule is CC(C)(CNCc1cc(Br)ccc1OC(F)F)S(C)(=O)=O. The monoisotopic (exact) mass is 385 g/mol. The van der Waals surface area contributed by atoms with Crippen LogP contribution in [0.5, 0.6) is 5.75 Å². The van der Waals surface area contributed by atoms with Crippen LogP contribution in [0.3, 0.4) is 0 Å². The van der Waals surface area contributed by atoms with E-state index in [1.165, 1.54) is 12.3 Å². The summed E-state index contributed by atoms with van der Waals surface area (Å²) in [5.74, 6) is 0.0675. The van der Waals surface area contributed by atoms with Crippen molar-refractivity contribution in [3.8, 4) is 5.75 Å². The van der Waals surface area contributed by atoms with E-state index in [2.05, 4.69) is 26.0 Å². The Morgan fingerprint density at radius 2 is 2.00 bits per heavy atom. The first-order chi connectivity index (χ1) is 9.53. The van der Waals surface area contributed by atoms with Gasteiger partial charge >= 0.3 is 6.61 Å². The summed E-state index contributed by atoms with van der Waals surface area (Å²) in [6.45, 7) is 0.726. The van der Waals surface area contributed by atoms with Crippen molar-refractivity contribution in [2.24, 2.45) is 0 Å². The molecule has 0 saturated heterocycles. The molecule has 0 saturated carbocycles. The predicted octanol–water partition coefficient (Wildman–Crippen LogP) is 2.96. The summed E-state index contributed by atoms with van der Waals surface area (Å²) < 4.78 is 52.1. The third-order valence-corrected chi connectivity index (χ3v) is 5.75. The number of rotatable bonds is 7. The number of nitrogens with one attached hydrogen (secondary N) is 1. The zero-order valence-corrected chi connectivity index (χ0v) is 14.4. The second-order valence-corrected chi connectivity index (χ2v) is 8.83. The van der Waals surface area contributed by atoms with Crippen LogP contribution in [0.2, 0.25) is 0 Å². The third-order valence-electron chi connectivity index (χ3n) is 3.11. The van der Waals surface area contributed by atoms with Gasteiger partial charge in [-0.25, -0.2) is 8.42 Å². The molecule has 21 heavy (non-hydrogen) atoms. The van der Waals surface area contributed by atoms with Gasteiger partial charge in [0.1, 0.15) is 5.75 Å². The fourth-order valence-corrected chi connectivity index (χ4v) is 2.30. The van der Waals surface area contributed by atoms with Gasteiger partial charge in [0.25, 0.3) is 0 Å². The smallest absolute Gasteiger partial charge is 0.387 e. The van der Waals surface area contributed by atoms with Crippen LogP contribution in [0.1, 0.15) is 19.4 Å². The summed E-state index contributed by atoms with van der Waals surface area (Å²) in [4.78, 5) is 0. The van der Waals surface area contributed by atoms with Gasteiger partial charge in [0, 0.05) is 29.4 Å². The standard InChI is InChI=1S/C13H18BrF2NO3S/c1-13(2,21(3,18)19)8-17-7-9-6-10(14)4-5-11(9)20-12(15)16/h4-6,12,17H,7-8H2,1-3H3. The fourth-order valence-electron chi connectivity index (χ4n) is 1.53. The van der Waals surface area contributed by atoms with Gasteiger partial charge < -0.3 is 10.1 Å². The number of ether oxygens (including phenoxy) is 1. The summed E-state index contributed by atoms with van der Waals surface area (Å²) in [6.07, 6.45) is 1.17. The van der Waals surface area contributed by atoms with Gasteiger partial charge in [-0.15, -0.1) is 0 Å². The fraction of sp³-hybridized carbons (Fsp3) is 0.538. The first kappa shape index (κ1) is 18.3. The molecule has 0 aliphatic rings. The Hall–Kier alpha value is -0.730. The highest BCUT2D eigenvalue weighted by atomic mass is 79.9. The van der Waals surface area contributed by atoms with E-state index in [0.29, 0.717) is 5.56 Å². The molecule has 1 aromatic carbocycles. The van der Waals surface area contributed by atoms with Gasteiger partial charge in [-0.3, -0.25) is 0 Å². The molecule has 4 nitrogen and oxygen atoms in total. The van der Waals surface area contributed by atoms with Crippen molar-refractivity contribution in [2.45, 2.75) is 31.8 Å².